The molecule has 3 rings (SSSR count). The fourth-order valence-corrected chi connectivity index (χ4v) is 3.01. The van der Waals surface area contributed by atoms with Gasteiger partial charge >= 0.3 is 0 Å². The van der Waals surface area contributed by atoms with E-state index in [9.17, 15) is 5.11 Å². The molecule has 0 bridgehead atoms. The Morgan fingerprint density at radius 3 is 2.80 bits per heavy atom. The van der Waals surface area contributed by atoms with Crippen LogP contribution in [0.5, 0.6) is 0 Å². The number of piperazine rings is 1. The van der Waals surface area contributed by atoms with E-state index in [0.717, 1.165) is 70.2 Å². The number of fused-ring (bicyclic) bond motifs is 1. The van der Waals surface area contributed by atoms with Gasteiger partial charge in [0.2, 0.25) is 0 Å². The van der Waals surface area contributed by atoms with E-state index in [1.807, 2.05) is 4.68 Å². The monoisotopic (exact) mass is 279 g/mol. The zero-order chi connectivity index (χ0) is 13.9. The molecule has 0 spiro atoms. The Morgan fingerprint density at radius 1 is 1.25 bits per heavy atom. The van der Waals surface area contributed by atoms with Crippen molar-refractivity contribution in [1.29, 1.82) is 0 Å². The van der Waals surface area contributed by atoms with Crippen molar-refractivity contribution in [3.05, 3.63) is 11.6 Å². The smallest absolute Gasteiger partial charge is 0.152 e. The van der Waals surface area contributed by atoms with Gasteiger partial charge in [0.25, 0.3) is 0 Å². The van der Waals surface area contributed by atoms with Crippen molar-refractivity contribution in [2.45, 2.75) is 25.8 Å². The molecule has 1 aromatic heterocycles. The molecule has 1 aromatic rings. The Hall–Kier alpha value is -0.980. The molecule has 0 amide bonds. The molecule has 2 aliphatic heterocycles. The third-order valence-electron chi connectivity index (χ3n) is 4.51. The van der Waals surface area contributed by atoms with Crippen molar-refractivity contribution in [2.24, 2.45) is 5.92 Å². The van der Waals surface area contributed by atoms with Crippen molar-refractivity contribution in [2.75, 3.05) is 46.4 Å². The van der Waals surface area contributed by atoms with E-state index < -0.39 is 0 Å². The van der Waals surface area contributed by atoms with E-state index in [0.29, 0.717) is 5.92 Å². The van der Waals surface area contributed by atoms with Gasteiger partial charge in [-0.25, -0.2) is 9.67 Å². The summed E-state index contributed by atoms with van der Waals surface area (Å²) in [7, 11) is 2.18. The van der Waals surface area contributed by atoms with Gasteiger partial charge in [0.1, 0.15) is 5.82 Å². The van der Waals surface area contributed by atoms with Gasteiger partial charge in [-0.05, 0) is 13.5 Å². The van der Waals surface area contributed by atoms with Crippen LogP contribution in [0.25, 0.3) is 0 Å². The van der Waals surface area contributed by atoms with Gasteiger partial charge in [-0.15, -0.1) is 0 Å². The predicted octanol–water partition coefficient (Wildman–Crippen LogP) is -0.377. The van der Waals surface area contributed by atoms with Crippen LogP contribution in [0, 0.1) is 5.92 Å². The third kappa shape index (κ3) is 3.19. The molecule has 0 radical (unpaired) electrons. The SMILES string of the molecule is CN1CCN(CCc2nc3n(n2)CC(CO)CC3)CC1. The first-order valence-electron chi connectivity index (χ1n) is 7.69. The molecule has 1 unspecified atom stereocenters. The highest BCUT2D eigenvalue weighted by Gasteiger charge is 2.21. The van der Waals surface area contributed by atoms with Crippen LogP contribution in [0.3, 0.4) is 0 Å². The van der Waals surface area contributed by atoms with Gasteiger partial charge in [-0.2, -0.15) is 5.10 Å². The zero-order valence-electron chi connectivity index (χ0n) is 12.3. The summed E-state index contributed by atoms with van der Waals surface area (Å²) in [4.78, 5) is 9.52. The maximum absolute atomic E-state index is 9.25. The lowest BCUT2D eigenvalue weighted by molar-refractivity contribution is 0.155. The van der Waals surface area contributed by atoms with Crippen LogP contribution < -0.4 is 0 Å². The Labute approximate surface area is 120 Å². The molecule has 1 saturated heterocycles. The van der Waals surface area contributed by atoms with Gasteiger partial charge in [0, 0.05) is 64.6 Å². The van der Waals surface area contributed by atoms with Crippen molar-refractivity contribution in [3.63, 3.8) is 0 Å². The number of hydrogen-bond acceptors (Lipinski definition) is 5. The number of aromatic nitrogens is 3. The van der Waals surface area contributed by atoms with E-state index in [1.54, 1.807) is 0 Å². The second kappa shape index (κ2) is 6.20. The fraction of sp³-hybridized carbons (Fsp3) is 0.857. The van der Waals surface area contributed by atoms with Crippen molar-refractivity contribution >= 4 is 0 Å². The Bertz CT molecular complexity index is 439. The molecule has 1 fully saturated rings. The Kier molecular flexibility index (Phi) is 4.33. The molecule has 0 saturated carbocycles. The molecular weight excluding hydrogens is 254 g/mol. The van der Waals surface area contributed by atoms with Crippen LogP contribution in [0.4, 0.5) is 0 Å². The largest absolute Gasteiger partial charge is 0.396 e. The maximum atomic E-state index is 9.25. The minimum absolute atomic E-state index is 0.260. The van der Waals surface area contributed by atoms with Crippen LogP contribution >= 0.6 is 0 Å². The summed E-state index contributed by atoms with van der Waals surface area (Å²) >= 11 is 0. The molecule has 2 aliphatic rings. The lowest BCUT2D eigenvalue weighted by Gasteiger charge is -2.31. The summed E-state index contributed by atoms with van der Waals surface area (Å²) in [5.41, 5.74) is 0. The summed E-state index contributed by atoms with van der Waals surface area (Å²) in [6, 6.07) is 0. The number of hydrogen-bond donors (Lipinski definition) is 1. The predicted molar refractivity (Wildman–Crippen MR) is 76.6 cm³/mol. The highest BCUT2D eigenvalue weighted by atomic mass is 16.3. The van der Waals surface area contributed by atoms with Crippen molar-refractivity contribution < 1.29 is 5.11 Å². The normalized spacial score (nSPS) is 24.8. The minimum atomic E-state index is 0.260. The summed E-state index contributed by atoms with van der Waals surface area (Å²) < 4.78 is 2.00. The standard InChI is InChI=1S/C14H25N5O/c1-17-6-8-18(9-7-17)5-4-13-15-14-3-2-12(11-20)10-19(14)16-13/h12,20H,2-11H2,1H3. The molecule has 1 atom stereocenters. The van der Waals surface area contributed by atoms with Crippen LogP contribution in [-0.4, -0.2) is 76.0 Å². The van der Waals surface area contributed by atoms with E-state index in [-0.39, 0.29) is 6.61 Å². The summed E-state index contributed by atoms with van der Waals surface area (Å²) in [5.74, 6) is 2.43. The van der Waals surface area contributed by atoms with Gasteiger partial charge in [0.05, 0.1) is 0 Å². The lowest BCUT2D eigenvalue weighted by atomic mass is 10.0. The molecule has 0 aliphatic carbocycles. The van der Waals surface area contributed by atoms with E-state index >= 15 is 0 Å². The number of aliphatic hydroxyl groups excluding tert-OH is 1. The highest BCUT2D eigenvalue weighted by Crippen LogP contribution is 2.18. The number of rotatable bonds is 4. The average molecular weight is 279 g/mol. The van der Waals surface area contributed by atoms with E-state index in [1.165, 1.54) is 0 Å². The molecule has 0 aromatic carbocycles. The first-order valence-corrected chi connectivity index (χ1v) is 7.69. The van der Waals surface area contributed by atoms with Gasteiger partial charge in [-0.3, -0.25) is 0 Å². The Balaban J connectivity index is 1.53. The van der Waals surface area contributed by atoms with Crippen LogP contribution in [0.1, 0.15) is 18.1 Å². The van der Waals surface area contributed by atoms with Crippen LogP contribution in [-0.2, 0) is 19.4 Å². The molecule has 1 N–H and O–H groups in total. The van der Waals surface area contributed by atoms with Crippen LogP contribution in [0.15, 0.2) is 0 Å². The van der Waals surface area contributed by atoms with Crippen LogP contribution in [0.2, 0.25) is 0 Å². The molecular formula is C14H25N5O. The zero-order valence-corrected chi connectivity index (χ0v) is 12.3. The summed E-state index contributed by atoms with van der Waals surface area (Å²) in [6.07, 6.45) is 2.92. The Morgan fingerprint density at radius 2 is 2.05 bits per heavy atom. The maximum Gasteiger partial charge on any atom is 0.152 e. The topological polar surface area (TPSA) is 57.4 Å². The molecule has 3 heterocycles. The van der Waals surface area contributed by atoms with Crippen molar-refractivity contribution in [3.8, 4) is 0 Å². The molecule has 112 valence electrons. The van der Waals surface area contributed by atoms with Gasteiger partial charge in [0.15, 0.2) is 5.82 Å². The number of aryl methyl sites for hydroxylation is 1. The number of likely N-dealkylation sites (N-methyl/N-ethyl adjacent to an activating group) is 1. The van der Waals surface area contributed by atoms with Gasteiger partial charge < -0.3 is 14.9 Å². The fourth-order valence-electron chi connectivity index (χ4n) is 3.01. The third-order valence-corrected chi connectivity index (χ3v) is 4.51. The first kappa shape index (κ1) is 14.0. The van der Waals surface area contributed by atoms with Crippen molar-refractivity contribution in [1.82, 2.24) is 24.6 Å². The summed E-state index contributed by atoms with van der Waals surface area (Å²) in [6.45, 7) is 6.76. The van der Waals surface area contributed by atoms with Gasteiger partial charge in [-0.1, -0.05) is 0 Å². The first-order chi connectivity index (χ1) is 9.74. The average Bonchev–Trinajstić information content (AvgIpc) is 2.88. The highest BCUT2D eigenvalue weighted by molar-refractivity contribution is 4.97. The molecule has 6 nitrogen and oxygen atoms in total. The number of nitrogens with zero attached hydrogens (tertiary/aromatic N) is 5. The van der Waals surface area contributed by atoms with E-state index in [2.05, 4.69) is 26.9 Å². The molecule has 20 heavy (non-hydrogen) atoms. The van der Waals surface area contributed by atoms with E-state index in [4.69, 9.17) is 0 Å². The molecule has 6 heteroatoms. The minimum Gasteiger partial charge on any atom is -0.396 e. The quantitative estimate of drug-likeness (QED) is 0.814. The second-order valence-corrected chi connectivity index (χ2v) is 6.11. The number of aliphatic hydroxyl groups is 1. The summed E-state index contributed by atoms with van der Waals surface area (Å²) in [5, 5.41) is 13.9. The second-order valence-electron chi connectivity index (χ2n) is 6.11. The lowest BCUT2D eigenvalue weighted by Crippen LogP contribution is -2.45.